The zero-order chi connectivity index (χ0) is 21.6. The molecular weight excluding hydrogens is 399 g/mol. The first-order valence-electron chi connectivity index (χ1n) is 9.95. The van der Waals surface area contributed by atoms with Gasteiger partial charge in [-0.3, -0.25) is 9.59 Å². The standard InChI is InChI=1S/C23H21FN4O3/c24-16-3-6-20-15(7-16)8-18(21(29)27-20)19(25)9-26-17-4-1-14(2-5-17)22(30)28-10-23(11-28)12-31-13-23/h1-9,26H,10-13,25H2,(H,27,29)/b19-9-. The third-order valence-corrected chi connectivity index (χ3v) is 5.80. The lowest BCUT2D eigenvalue weighted by atomic mass is 9.78. The molecule has 1 amide bonds. The Kier molecular flexibility index (Phi) is 4.51. The second kappa shape index (κ2) is 7.24. The van der Waals surface area contributed by atoms with Crippen LogP contribution in [0.25, 0.3) is 16.6 Å². The number of benzene rings is 2. The van der Waals surface area contributed by atoms with Gasteiger partial charge in [0.2, 0.25) is 0 Å². The topological polar surface area (TPSA) is 100 Å². The summed E-state index contributed by atoms with van der Waals surface area (Å²) in [5, 5.41) is 3.58. The molecule has 0 aliphatic carbocycles. The van der Waals surface area contributed by atoms with Gasteiger partial charge in [0.25, 0.3) is 11.5 Å². The summed E-state index contributed by atoms with van der Waals surface area (Å²) >= 11 is 0. The number of anilines is 1. The van der Waals surface area contributed by atoms with Gasteiger partial charge in [-0.25, -0.2) is 4.39 Å². The number of likely N-dealkylation sites (tertiary alicyclic amines) is 1. The number of H-pyrrole nitrogens is 1. The zero-order valence-corrected chi connectivity index (χ0v) is 16.7. The Bertz CT molecular complexity index is 1250. The van der Waals surface area contributed by atoms with Crippen molar-refractivity contribution in [3.8, 4) is 0 Å². The lowest BCUT2D eigenvalue weighted by molar-refractivity contribution is -0.176. The molecule has 2 aliphatic heterocycles. The highest BCUT2D eigenvalue weighted by atomic mass is 19.1. The number of ether oxygens (including phenoxy) is 1. The molecule has 1 aromatic heterocycles. The van der Waals surface area contributed by atoms with Gasteiger partial charge in [-0.15, -0.1) is 0 Å². The molecule has 7 nitrogen and oxygen atoms in total. The Hall–Kier alpha value is -3.65. The number of halogens is 1. The molecule has 0 radical (unpaired) electrons. The van der Waals surface area contributed by atoms with E-state index in [0.717, 1.165) is 32.0 Å². The SMILES string of the molecule is N/C(=C\Nc1ccc(C(=O)N2CC3(COC3)C2)cc1)c1cc2cc(F)ccc2[nH]c1=O. The third-order valence-electron chi connectivity index (χ3n) is 5.80. The van der Waals surface area contributed by atoms with Gasteiger partial charge in [0.1, 0.15) is 5.82 Å². The Balaban J connectivity index is 1.28. The van der Waals surface area contributed by atoms with E-state index in [9.17, 15) is 14.0 Å². The highest BCUT2D eigenvalue weighted by Crippen LogP contribution is 2.38. The van der Waals surface area contributed by atoms with Crippen LogP contribution in [0.1, 0.15) is 15.9 Å². The lowest BCUT2D eigenvalue weighted by Crippen LogP contribution is -2.67. The van der Waals surface area contributed by atoms with Gasteiger partial charge < -0.3 is 25.7 Å². The third kappa shape index (κ3) is 3.55. The van der Waals surface area contributed by atoms with Crippen molar-refractivity contribution in [2.45, 2.75) is 0 Å². The number of hydrogen-bond acceptors (Lipinski definition) is 5. The van der Waals surface area contributed by atoms with E-state index in [1.807, 2.05) is 4.90 Å². The summed E-state index contributed by atoms with van der Waals surface area (Å²) in [6, 6.07) is 12.7. The molecule has 3 heterocycles. The summed E-state index contributed by atoms with van der Waals surface area (Å²) < 4.78 is 18.7. The molecule has 2 aromatic carbocycles. The van der Waals surface area contributed by atoms with Crippen LogP contribution in [0, 0.1) is 11.2 Å². The number of fused-ring (bicyclic) bond motifs is 1. The monoisotopic (exact) mass is 420 g/mol. The first kappa shape index (κ1) is 19.3. The Morgan fingerprint density at radius 3 is 2.58 bits per heavy atom. The van der Waals surface area contributed by atoms with Gasteiger partial charge >= 0.3 is 0 Å². The number of amides is 1. The molecule has 2 saturated heterocycles. The van der Waals surface area contributed by atoms with Crippen molar-refractivity contribution in [1.29, 1.82) is 0 Å². The minimum absolute atomic E-state index is 0.00839. The van der Waals surface area contributed by atoms with Crippen LogP contribution in [-0.4, -0.2) is 42.1 Å². The van der Waals surface area contributed by atoms with E-state index < -0.39 is 5.82 Å². The molecule has 0 atom stereocenters. The maximum Gasteiger partial charge on any atom is 0.257 e. The van der Waals surface area contributed by atoms with Gasteiger partial charge in [-0.1, -0.05) is 0 Å². The van der Waals surface area contributed by atoms with Crippen LogP contribution in [0.5, 0.6) is 0 Å². The number of nitrogens with zero attached hydrogens (tertiary/aromatic N) is 1. The zero-order valence-electron chi connectivity index (χ0n) is 16.7. The molecule has 4 N–H and O–H groups in total. The second-order valence-corrected chi connectivity index (χ2v) is 8.22. The number of nitrogens with one attached hydrogen (secondary N) is 2. The first-order chi connectivity index (χ1) is 14.9. The molecule has 3 aromatic rings. The van der Waals surface area contributed by atoms with E-state index in [1.165, 1.54) is 24.4 Å². The number of rotatable bonds is 4. The van der Waals surface area contributed by atoms with Crippen LogP contribution in [0.2, 0.25) is 0 Å². The molecule has 31 heavy (non-hydrogen) atoms. The van der Waals surface area contributed by atoms with Crippen molar-refractivity contribution < 1.29 is 13.9 Å². The molecule has 0 saturated carbocycles. The van der Waals surface area contributed by atoms with Crippen molar-refractivity contribution in [2.75, 3.05) is 31.6 Å². The normalized spacial score (nSPS) is 17.3. The Morgan fingerprint density at radius 2 is 1.90 bits per heavy atom. The molecule has 2 aliphatic rings. The summed E-state index contributed by atoms with van der Waals surface area (Å²) in [5.74, 6) is -0.385. The van der Waals surface area contributed by atoms with Gasteiger partial charge in [-0.05, 0) is 48.5 Å². The maximum atomic E-state index is 13.5. The molecule has 0 bridgehead atoms. The van der Waals surface area contributed by atoms with Crippen LogP contribution >= 0.6 is 0 Å². The summed E-state index contributed by atoms with van der Waals surface area (Å²) in [4.78, 5) is 29.4. The van der Waals surface area contributed by atoms with E-state index in [1.54, 1.807) is 30.3 Å². The molecule has 5 rings (SSSR count). The minimum atomic E-state index is -0.393. The molecule has 2 fully saturated rings. The summed E-state index contributed by atoms with van der Waals surface area (Å²) in [6.45, 7) is 2.97. The Morgan fingerprint density at radius 1 is 1.16 bits per heavy atom. The Labute approximate surface area is 177 Å². The van der Waals surface area contributed by atoms with E-state index in [-0.39, 0.29) is 28.1 Å². The number of aromatic nitrogens is 1. The van der Waals surface area contributed by atoms with Crippen LogP contribution in [0.3, 0.4) is 0 Å². The average molecular weight is 420 g/mol. The summed E-state index contributed by atoms with van der Waals surface area (Å²) in [5.41, 5.74) is 8.22. The summed E-state index contributed by atoms with van der Waals surface area (Å²) in [7, 11) is 0. The van der Waals surface area contributed by atoms with Crippen molar-refractivity contribution in [1.82, 2.24) is 9.88 Å². The smallest absolute Gasteiger partial charge is 0.257 e. The second-order valence-electron chi connectivity index (χ2n) is 8.22. The summed E-state index contributed by atoms with van der Waals surface area (Å²) in [6.07, 6.45) is 1.50. The van der Waals surface area contributed by atoms with E-state index in [0.29, 0.717) is 16.5 Å². The van der Waals surface area contributed by atoms with Gasteiger partial charge in [-0.2, -0.15) is 0 Å². The fraction of sp³-hybridized carbons (Fsp3) is 0.217. The highest BCUT2D eigenvalue weighted by Gasteiger charge is 2.50. The molecule has 1 spiro atoms. The maximum absolute atomic E-state index is 13.5. The van der Waals surface area contributed by atoms with E-state index >= 15 is 0 Å². The van der Waals surface area contributed by atoms with Crippen molar-refractivity contribution in [3.05, 3.63) is 82.0 Å². The van der Waals surface area contributed by atoms with Crippen LogP contribution in [0.4, 0.5) is 10.1 Å². The lowest BCUT2D eigenvalue weighted by Gasteiger charge is -2.54. The van der Waals surface area contributed by atoms with Gasteiger partial charge in [0, 0.05) is 41.4 Å². The highest BCUT2D eigenvalue weighted by molar-refractivity contribution is 5.95. The average Bonchev–Trinajstić information content (AvgIpc) is 2.70. The van der Waals surface area contributed by atoms with Crippen molar-refractivity contribution in [3.63, 3.8) is 0 Å². The van der Waals surface area contributed by atoms with E-state index in [2.05, 4.69) is 10.3 Å². The number of pyridine rings is 1. The van der Waals surface area contributed by atoms with E-state index in [4.69, 9.17) is 10.5 Å². The van der Waals surface area contributed by atoms with Crippen molar-refractivity contribution >= 4 is 28.2 Å². The fourth-order valence-corrected chi connectivity index (χ4v) is 4.00. The van der Waals surface area contributed by atoms with Gasteiger partial charge in [0.15, 0.2) is 0 Å². The molecule has 0 unspecified atom stereocenters. The number of carbonyl (C=O) groups excluding carboxylic acids is 1. The first-order valence-corrected chi connectivity index (χ1v) is 9.95. The van der Waals surface area contributed by atoms with Crippen LogP contribution in [0.15, 0.2) is 59.5 Å². The minimum Gasteiger partial charge on any atom is -0.397 e. The van der Waals surface area contributed by atoms with Crippen LogP contribution in [-0.2, 0) is 4.74 Å². The molecule has 158 valence electrons. The number of carbonyl (C=O) groups is 1. The predicted octanol–water partition coefficient (Wildman–Crippen LogP) is 2.51. The van der Waals surface area contributed by atoms with Crippen molar-refractivity contribution in [2.24, 2.45) is 11.1 Å². The largest absolute Gasteiger partial charge is 0.397 e. The van der Waals surface area contributed by atoms with Crippen LogP contribution < -0.4 is 16.6 Å². The van der Waals surface area contributed by atoms with Gasteiger partial charge in [0.05, 0.1) is 29.9 Å². The fourth-order valence-electron chi connectivity index (χ4n) is 4.00. The predicted molar refractivity (Wildman–Crippen MR) is 116 cm³/mol. The number of aromatic amines is 1. The molecular formula is C23H21FN4O3. The number of nitrogens with two attached hydrogens (primary N) is 1. The quantitative estimate of drug-likeness (QED) is 0.602. The molecule has 8 heteroatoms. The number of hydrogen-bond donors (Lipinski definition) is 3.